The Morgan fingerprint density at radius 3 is 2.86 bits per heavy atom. The van der Waals surface area contributed by atoms with E-state index in [9.17, 15) is 0 Å². The number of hydrogen-bond donors (Lipinski definition) is 1. The van der Waals surface area contributed by atoms with Gasteiger partial charge in [-0.05, 0) is 40.3 Å². The van der Waals surface area contributed by atoms with Gasteiger partial charge in [-0.15, -0.1) is 0 Å². The second-order valence-electron chi connectivity index (χ2n) is 4.86. The number of nitrogens with zero attached hydrogens (tertiary/aromatic N) is 5. The minimum Gasteiger partial charge on any atom is -0.323 e. The maximum Gasteiger partial charge on any atom is 0.248 e. The van der Waals surface area contributed by atoms with Crippen LogP contribution in [0.15, 0.2) is 54.9 Å². The van der Waals surface area contributed by atoms with Crippen molar-refractivity contribution in [2.24, 2.45) is 0 Å². The summed E-state index contributed by atoms with van der Waals surface area (Å²) in [4.78, 5) is 4.15. The summed E-state index contributed by atoms with van der Waals surface area (Å²) >= 11 is 6.34. The first-order valence-electron chi connectivity index (χ1n) is 6.74. The van der Waals surface area contributed by atoms with Crippen LogP contribution in [0.3, 0.4) is 0 Å². The lowest BCUT2D eigenvalue weighted by Crippen LogP contribution is -2.20. The fraction of sp³-hybridized carbons (Fsp3) is 0.0667. The number of anilines is 1. The highest BCUT2D eigenvalue weighted by molar-refractivity contribution is 6.31. The zero-order valence-corrected chi connectivity index (χ0v) is 12.1. The predicted octanol–water partition coefficient (Wildman–Crippen LogP) is 2.78. The van der Waals surface area contributed by atoms with Gasteiger partial charge in [-0.3, -0.25) is 4.98 Å². The maximum atomic E-state index is 6.34. The molecule has 1 aliphatic heterocycles. The Morgan fingerprint density at radius 1 is 1.14 bits per heavy atom. The van der Waals surface area contributed by atoms with E-state index < -0.39 is 0 Å². The minimum atomic E-state index is -0.171. The van der Waals surface area contributed by atoms with E-state index in [1.807, 2.05) is 42.5 Å². The van der Waals surface area contributed by atoms with Crippen molar-refractivity contribution < 1.29 is 0 Å². The lowest BCUT2D eigenvalue weighted by molar-refractivity contribution is 0.586. The molecule has 7 heteroatoms. The summed E-state index contributed by atoms with van der Waals surface area (Å²) in [6.07, 6.45) is 5.58. The molecule has 1 atom stereocenters. The standard InChI is InChI=1S/C15H11ClN6/c16-12-6-2-1-5-11(12)14-8-13(10-4-3-7-17-9-10)18-15-19-20-21-22(14)15/h1-9,14H,(H,18,19,21). The van der Waals surface area contributed by atoms with Crippen LogP contribution in [0, 0.1) is 0 Å². The van der Waals surface area contributed by atoms with Crippen LogP contribution in [0.4, 0.5) is 5.95 Å². The van der Waals surface area contributed by atoms with Crippen molar-refractivity contribution in [1.29, 1.82) is 0 Å². The van der Waals surface area contributed by atoms with Gasteiger partial charge in [-0.2, -0.15) is 4.68 Å². The Labute approximate surface area is 131 Å². The topological polar surface area (TPSA) is 68.5 Å². The van der Waals surface area contributed by atoms with Crippen molar-refractivity contribution in [3.05, 3.63) is 71.0 Å². The minimum absolute atomic E-state index is 0.171. The van der Waals surface area contributed by atoms with E-state index in [1.54, 1.807) is 17.1 Å². The fourth-order valence-electron chi connectivity index (χ4n) is 2.48. The summed E-state index contributed by atoms with van der Waals surface area (Å²) < 4.78 is 1.71. The van der Waals surface area contributed by atoms with Crippen molar-refractivity contribution in [1.82, 2.24) is 25.2 Å². The van der Waals surface area contributed by atoms with E-state index >= 15 is 0 Å². The van der Waals surface area contributed by atoms with Gasteiger partial charge >= 0.3 is 0 Å². The van der Waals surface area contributed by atoms with Gasteiger partial charge in [0.1, 0.15) is 6.04 Å². The summed E-state index contributed by atoms with van der Waals surface area (Å²) in [5.41, 5.74) is 2.81. The number of nitrogens with one attached hydrogen (secondary N) is 1. The van der Waals surface area contributed by atoms with Gasteiger partial charge in [-0.1, -0.05) is 34.9 Å². The Morgan fingerprint density at radius 2 is 2.05 bits per heavy atom. The Bertz CT molecular complexity index is 842. The zero-order chi connectivity index (χ0) is 14.9. The molecule has 3 aromatic rings. The molecule has 108 valence electrons. The number of rotatable bonds is 2. The first-order chi connectivity index (χ1) is 10.8. The summed E-state index contributed by atoms with van der Waals surface area (Å²) in [6.45, 7) is 0. The molecule has 1 N–H and O–H groups in total. The molecule has 6 nitrogen and oxygen atoms in total. The molecule has 0 amide bonds. The molecule has 1 unspecified atom stereocenters. The summed E-state index contributed by atoms with van der Waals surface area (Å²) in [6, 6.07) is 11.4. The molecule has 0 aliphatic carbocycles. The van der Waals surface area contributed by atoms with Crippen LogP contribution in [0.5, 0.6) is 0 Å². The molecular weight excluding hydrogens is 300 g/mol. The number of benzene rings is 1. The van der Waals surface area contributed by atoms with Gasteiger partial charge in [0.2, 0.25) is 5.95 Å². The van der Waals surface area contributed by atoms with Crippen molar-refractivity contribution in [2.75, 3.05) is 5.32 Å². The van der Waals surface area contributed by atoms with Crippen molar-refractivity contribution in [3.8, 4) is 0 Å². The van der Waals surface area contributed by atoms with Crippen molar-refractivity contribution >= 4 is 23.2 Å². The van der Waals surface area contributed by atoms with E-state index in [0.717, 1.165) is 16.8 Å². The maximum absolute atomic E-state index is 6.34. The number of hydrogen-bond acceptors (Lipinski definition) is 5. The van der Waals surface area contributed by atoms with E-state index in [-0.39, 0.29) is 6.04 Å². The highest BCUT2D eigenvalue weighted by atomic mass is 35.5. The van der Waals surface area contributed by atoms with E-state index in [2.05, 4.69) is 25.8 Å². The highest BCUT2D eigenvalue weighted by Gasteiger charge is 2.25. The molecule has 0 saturated heterocycles. The number of pyridine rings is 1. The van der Waals surface area contributed by atoms with Gasteiger partial charge in [-0.25, -0.2) is 0 Å². The van der Waals surface area contributed by atoms with Gasteiger partial charge in [0, 0.05) is 28.7 Å². The first kappa shape index (κ1) is 13.0. The van der Waals surface area contributed by atoms with Crippen LogP contribution in [-0.4, -0.2) is 25.2 Å². The van der Waals surface area contributed by atoms with Crippen LogP contribution in [0.25, 0.3) is 5.70 Å². The first-order valence-corrected chi connectivity index (χ1v) is 7.12. The molecule has 0 bridgehead atoms. The Balaban J connectivity index is 1.86. The smallest absolute Gasteiger partial charge is 0.248 e. The van der Waals surface area contributed by atoms with Crippen molar-refractivity contribution in [2.45, 2.75) is 6.04 Å². The monoisotopic (exact) mass is 310 g/mol. The Hall–Kier alpha value is -2.73. The summed E-state index contributed by atoms with van der Waals surface area (Å²) in [5, 5.41) is 15.7. The van der Waals surface area contributed by atoms with Crippen LogP contribution < -0.4 is 5.32 Å². The average Bonchev–Trinajstić information content (AvgIpc) is 3.04. The third-order valence-corrected chi connectivity index (χ3v) is 3.87. The van der Waals surface area contributed by atoms with Crippen LogP contribution in [-0.2, 0) is 0 Å². The van der Waals surface area contributed by atoms with E-state index in [4.69, 9.17) is 11.6 Å². The number of allylic oxidation sites excluding steroid dienone is 1. The molecule has 0 radical (unpaired) electrons. The zero-order valence-electron chi connectivity index (χ0n) is 11.4. The quantitative estimate of drug-likeness (QED) is 0.788. The SMILES string of the molecule is Clc1ccccc1C1C=C(c2cccnc2)Nc2nnnn21. The molecule has 2 aromatic heterocycles. The van der Waals surface area contributed by atoms with Gasteiger partial charge < -0.3 is 5.32 Å². The fourth-order valence-corrected chi connectivity index (χ4v) is 2.73. The molecule has 1 aromatic carbocycles. The highest BCUT2D eigenvalue weighted by Crippen LogP contribution is 2.34. The van der Waals surface area contributed by atoms with Crippen molar-refractivity contribution in [3.63, 3.8) is 0 Å². The molecule has 0 spiro atoms. The van der Waals surface area contributed by atoms with Gasteiger partial charge in [0.25, 0.3) is 0 Å². The molecule has 1 aliphatic rings. The lowest BCUT2D eigenvalue weighted by atomic mass is 10.0. The molecule has 3 heterocycles. The Kier molecular flexibility index (Phi) is 3.08. The molecule has 0 saturated carbocycles. The molecule has 4 rings (SSSR count). The average molecular weight is 311 g/mol. The van der Waals surface area contributed by atoms with Gasteiger partial charge in [0.15, 0.2) is 0 Å². The summed E-state index contributed by atoms with van der Waals surface area (Å²) in [5.74, 6) is 0.575. The largest absolute Gasteiger partial charge is 0.323 e. The van der Waals surface area contributed by atoms with Gasteiger partial charge in [0.05, 0.1) is 0 Å². The number of fused-ring (bicyclic) bond motifs is 1. The molecular formula is C15H11ClN6. The summed E-state index contributed by atoms with van der Waals surface area (Å²) in [7, 11) is 0. The van der Waals surface area contributed by atoms with E-state index in [1.165, 1.54) is 0 Å². The normalized spacial score (nSPS) is 16.6. The third kappa shape index (κ3) is 2.14. The number of tetrazole rings is 1. The number of halogens is 1. The van der Waals surface area contributed by atoms with Crippen LogP contribution in [0.1, 0.15) is 17.2 Å². The molecule has 22 heavy (non-hydrogen) atoms. The van der Waals surface area contributed by atoms with Crippen LogP contribution in [0.2, 0.25) is 5.02 Å². The second kappa shape index (κ2) is 5.23. The number of aromatic nitrogens is 5. The third-order valence-electron chi connectivity index (χ3n) is 3.52. The molecule has 0 fully saturated rings. The second-order valence-corrected chi connectivity index (χ2v) is 5.27. The lowest BCUT2D eigenvalue weighted by Gasteiger charge is -2.23. The van der Waals surface area contributed by atoms with E-state index in [0.29, 0.717) is 11.0 Å². The predicted molar refractivity (Wildman–Crippen MR) is 83.2 cm³/mol. The van der Waals surface area contributed by atoms with Crippen LogP contribution >= 0.6 is 11.6 Å².